The smallest absolute Gasteiger partial charge is 0.410 e. The standard InChI is InChI=1S/C12H11FN2O4/c1-3-19-12(16)11-7(2)14(17)9-5-4-8(13)6-10(9)15(11)18/h4-6H,3H2,1-2H3. The first-order valence-electron chi connectivity index (χ1n) is 5.59. The number of ether oxygens (including phenoxy) is 1. The number of halogens is 1. The van der Waals surface area contributed by atoms with Gasteiger partial charge in [-0.1, -0.05) is 0 Å². The van der Waals surface area contributed by atoms with Crippen molar-refractivity contribution in [3.63, 3.8) is 0 Å². The van der Waals surface area contributed by atoms with Crippen LogP contribution >= 0.6 is 0 Å². The summed E-state index contributed by atoms with van der Waals surface area (Å²) in [5.41, 5.74) is -0.756. The maximum atomic E-state index is 13.2. The molecule has 0 N–H and O–H groups in total. The summed E-state index contributed by atoms with van der Waals surface area (Å²) < 4.78 is 18.5. The zero-order chi connectivity index (χ0) is 14.2. The minimum atomic E-state index is -0.911. The third-order valence-corrected chi connectivity index (χ3v) is 2.69. The van der Waals surface area contributed by atoms with E-state index < -0.39 is 17.5 Å². The maximum absolute atomic E-state index is 13.2. The molecule has 0 saturated carbocycles. The molecule has 1 heterocycles. The Balaban J connectivity index is 2.86. The van der Waals surface area contributed by atoms with E-state index >= 15 is 0 Å². The van der Waals surface area contributed by atoms with E-state index in [4.69, 9.17) is 4.74 Å². The molecule has 0 amide bonds. The number of carbonyl (C=O) groups excluding carboxylic acids is 1. The first-order chi connectivity index (χ1) is 8.97. The van der Waals surface area contributed by atoms with Crippen LogP contribution in [0.15, 0.2) is 18.2 Å². The zero-order valence-electron chi connectivity index (χ0n) is 10.3. The van der Waals surface area contributed by atoms with Gasteiger partial charge in [-0.2, -0.15) is 0 Å². The van der Waals surface area contributed by atoms with Crippen LogP contribution in [0.2, 0.25) is 0 Å². The van der Waals surface area contributed by atoms with Crippen LogP contribution in [-0.4, -0.2) is 17.3 Å². The Bertz CT molecular complexity index is 724. The molecule has 0 fully saturated rings. The van der Waals surface area contributed by atoms with E-state index in [1.165, 1.54) is 13.0 Å². The number of esters is 1. The van der Waals surface area contributed by atoms with Crippen molar-refractivity contribution in [2.24, 2.45) is 0 Å². The molecule has 7 heteroatoms. The largest absolute Gasteiger partial charge is 0.805 e. The summed E-state index contributed by atoms with van der Waals surface area (Å²) in [4.78, 5) is 23.7. The second kappa shape index (κ2) is 4.68. The molecule has 0 spiro atoms. The highest BCUT2D eigenvalue weighted by molar-refractivity contribution is 5.88. The van der Waals surface area contributed by atoms with Crippen molar-refractivity contribution >= 4 is 17.0 Å². The van der Waals surface area contributed by atoms with Gasteiger partial charge in [0.25, 0.3) is 5.52 Å². The highest BCUT2D eigenvalue weighted by atomic mass is 19.1. The predicted octanol–water partition coefficient (Wildman–Crippen LogP) is 1.53. The molecular formula is C12H11FN2O4. The fourth-order valence-electron chi connectivity index (χ4n) is 1.81. The van der Waals surface area contributed by atoms with Crippen LogP contribution in [0.5, 0.6) is 0 Å². The Morgan fingerprint density at radius 2 is 2.21 bits per heavy atom. The quantitative estimate of drug-likeness (QED) is 0.610. The minimum absolute atomic E-state index is 0.0121. The predicted molar refractivity (Wildman–Crippen MR) is 64.7 cm³/mol. The zero-order valence-corrected chi connectivity index (χ0v) is 10.3. The maximum Gasteiger partial charge on any atom is 0.410 e. The highest BCUT2D eigenvalue weighted by Crippen LogP contribution is 2.15. The molecule has 0 radical (unpaired) electrons. The molecule has 0 atom stereocenters. The van der Waals surface area contributed by atoms with Crippen LogP contribution in [0.3, 0.4) is 0 Å². The minimum Gasteiger partial charge on any atom is -0.805 e. The lowest BCUT2D eigenvalue weighted by atomic mass is 10.2. The van der Waals surface area contributed by atoms with Gasteiger partial charge in [0, 0.05) is 4.91 Å². The molecule has 0 aliphatic carbocycles. The summed E-state index contributed by atoms with van der Waals surface area (Å²) in [5.74, 6) is -1.58. The lowest BCUT2D eigenvalue weighted by Crippen LogP contribution is -2.31. The average molecular weight is 266 g/mol. The second-order valence-corrected chi connectivity index (χ2v) is 3.88. The van der Waals surface area contributed by atoms with Crippen LogP contribution in [0.1, 0.15) is 23.1 Å². The summed E-state index contributed by atoms with van der Waals surface area (Å²) in [6.45, 7) is 2.98. The molecule has 100 valence electrons. The topological polar surface area (TPSA) is 77.3 Å². The average Bonchev–Trinajstić information content (AvgIpc) is 2.36. The van der Waals surface area contributed by atoms with Gasteiger partial charge in [0.2, 0.25) is 0 Å². The van der Waals surface area contributed by atoms with Gasteiger partial charge in [-0.25, -0.2) is 9.18 Å². The first-order valence-corrected chi connectivity index (χ1v) is 5.59. The molecule has 0 saturated heterocycles. The Kier molecular flexibility index (Phi) is 3.20. The van der Waals surface area contributed by atoms with Crippen LogP contribution in [0, 0.1) is 22.9 Å². The lowest BCUT2D eigenvalue weighted by molar-refractivity contribution is -0.469. The number of fused-ring (bicyclic) bond motifs is 1. The Morgan fingerprint density at radius 1 is 1.53 bits per heavy atom. The number of nitrogens with zero attached hydrogens (tertiary/aromatic N) is 2. The molecule has 2 aromatic rings. The van der Waals surface area contributed by atoms with Gasteiger partial charge in [-0.15, -0.1) is 0 Å². The van der Waals surface area contributed by atoms with E-state index in [1.807, 2.05) is 0 Å². The van der Waals surface area contributed by atoms with Crippen LogP contribution in [0.4, 0.5) is 4.39 Å². The second-order valence-electron chi connectivity index (χ2n) is 3.88. The molecule has 1 aromatic heterocycles. The van der Waals surface area contributed by atoms with E-state index in [2.05, 4.69) is 0 Å². The molecule has 0 aliphatic heterocycles. The Morgan fingerprint density at radius 3 is 2.84 bits per heavy atom. The molecule has 0 unspecified atom stereocenters. The number of hydrogen-bond donors (Lipinski definition) is 0. The number of benzene rings is 1. The molecular weight excluding hydrogens is 255 g/mol. The van der Waals surface area contributed by atoms with Crippen molar-refractivity contribution in [2.75, 3.05) is 6.61 Å². The first kappa shape index (κ1) is 13.0. The van der Waals surface area contributed by atoms with E-state index in [-0.39, 0.29) is 27.8 Å². The monoisotopic (exact) mass is 266 g/mol. The third kappa shape index (κ3) is 2.03. The van der Waals surface area contributed by atoms with Crippen molar-refractivity contribution < 1.29 is 18.3 Å². The molecule has 0 aliphatic rings. The van der Waals surface area contributed by atoms with Crippen LogP contribution < -0.4 is 4.43 Å². The van der Waals surface area contributed by atoms with Gasteiger partial charge in [0.05, 0.1) is 22.8 Å². The van der Waals surface area contributed by atoms with Crippen molar-refractivity contribution in [2.45, 2.75) is 13.8 Å². The van der Waals surface area contributed by atoms with E-state index in [1.54, 1.807) is 6.92 Å². The summed E-state index contributed by atoms with van der Waals surface area (Å²) >= 11 is 0. The number of carbonyl (C=O) groups is 1. The van der Waals surface area contributed by atoms with Gasteiger partial charge in [-0.3, -0.25) is 0 Å². The lowest BCUT2D eigenvalue weighted by Gasteiger charge is -2.15. The SMILES string of the molecule is CCOC(=O)c1c(C)n([O-])c2ccc(F)cc2[n+]1=O. The van der Waals surface area contributed by atoms with E-state index in [0.29, 0.717) is 4.73 Å². The molecule has 19 heavy (non-hydrogen) atoms. The Labute approximate surface area is 107 Å². The molecule has 1 aromatic carbocycles. The van der Waals surface area contributed by atoms with Crippen molar-refractivity contribution in [3.8, 4) is 0 Å². The van der Waals surface area contributed by atoms with Crippen LogP contribution in [0.25, 0.3) is 11.0 Å². The fourth-order valence-corrected chi connectivity index (χ4v) is 1.81. The van der Waals surface area contributed by atoms with Crippen molar-refractivity contribution in [1.82, 2.24) is 4.73 Å². The molecule has 0 bridgehead atoms. The number of rotatable bonds is 2. The number of aromatic nitrogens is 2. The van der Waals surface area contributed by atoms with E-state index in [9.17, 15) is 19.3 Å². The van der Waals surface area contributed by atoms with Crippen molar-refractivity contribution in [1.29, 1.82) is 0 Å². The summed E-state index contributed by atoms with van der Waals surface area (Å²) in [6.07, 6.45) is 0. The van der Waals surface area contributed by atoms with Gasteiger partial charge in [-0.05, 0) is 26.0 Å². The Hall–Kier alpha value is -2.44. The fraction of sp³-hybridized carbons (Fsp3) is 0.250. The van der Waals surface area contributed by atoms with Crippen LogP contribution in [-0.2, 0) is 4.74 Å². The highest BCUT2D eigenvalue weighted by Gasteiger charge is 2.28. The van der Waals surface area contributed by atoms with Gasteiger partial charge in [0.15, 0.2) is 0 Å². The molecule has 6 nitrogen and oxygen atoms in total. The van der Waals surface area contributed by atoms with Crippen molar-refractivity contribution in [3.05, 3.63) is 45.5 Å². The van der Waals surface area contributed by atoms with Gasteiger partial charge >= 0.3 is 11.7 Å². The summed E-state index contributed by atoms with van der Waals surface area (Å²) in [7, 11) is 0. The van der Waals surface area contributed by atoms with Gasteiger partial charge in [0.1, 0.15) is 11.3 Å². The molecule has 2 rings (SSSR count). The summed E-state index contributed by atoms with van der Waals surface area (Å²) in [5, 5.41) is 12.0. The van der Waals surface area contributed by atoms with E-state index in [0.717, 1.165) is 12.1 Å². The summed E-state index contributed by atoms with van der Waals surface area (Å²) in [6, 6.07) is 3.16. The third-order valence-electron chi connectivity index (χ3n) is 2.69. The normalized spacial score (nSPS) is 10.7. The number of hydrogen-bond acceptors (Lipinski definition) is 4. The van der Waals surface area contributed by atoms with Gasteiger partial charge < -0.3 is 14.7 Å².